The van der Waals surface area contributed by atoms with Gasteiger partial charge < -0.3 is 4.90 Å². The minimum atomic E-state index is 0.348. The summed E-state index contributed by atoms with van der Waals surface area (Å²) >= 11 is 7.16. The van der Waals surface area contributed by atoms with Crippen LogP contribution in [0.3, 0.4) is 0 Å². The van der Waals surface area contributed by atoms with Gasteiger partial charge in [-0.3, -0.25) is 0 Å². The van der Waals surface area contributed by atoms with Crippen molar-refractivity contribution in [2.24, 2.45) is 10.9 Å². The van der Waals surface area contributed by atoms with Crippen LogP contribution in [0.4, 0.5) is 5.00 Å². The Kier molecular flexibility index (Phi) is 4.91. The van der Waals surface area contributed by atoms with Gasteiger partial charge in [-0.15, -0.1) is 0 Å². The van der Waals surface area contributed by atoms with Crippen molar-refractivity contribution in [3.63, 3.8) is 0 Å². The lowest BCUT2D eigenvalue weighted by Gasteiger charge is -2.07. The number of aromatic nitrogens is 1. The molecule has 0 saturated heterocycles. The summed E-state index contributed by atoms with van der Waals surface area (Å²) in [7, 11) is 3.60. The number of aliphatic imine (C=N–C) groups is 1. The Morgan fingerprint density at radius 3 is 2.71 bits per heavy atom. The van der Waals surface area contributed by atoms with E-state index in [0.29, 0.717) is 21.8 Å². The van der Waals surface area contributed by atoms with E-state index in [4.69, 9.17) is 16.9 Å². The number of rotatable bonds is 3. The normalized spacial score (nSPS) is 11.7. The summed E-state index contributed by atoms with van der Waals surface area (Å²) < 4.78 is 4.27. The van der Waals surface area contributed by atoms with Crippen LogP contribution in [-0.4, -0.2) is 28.7 Å². The maximum atomic E-state index is 9.14. The number of nitriles is 1. The third kappa shape index (κ3) is 3.69. The molecule has 0 amide bonds. The molecule has 0 unspecified atom stereocenters. The fourth-order valence-corrected chi connectivity index (χ4v) is 2.09. The van der Waals surface area contributed by atoms with Crippen molar-refractivity contribution >= 4 is 33.4 Å². The largest absolute Gasteiger partial charge is 0.353 e. The first-order chi connectivity index (χ1) is 7.95. The summed E-state index contributed by atoms with van der Waals surface area (Å²) in [6, 6.07) is 2.16. The van der Waals surface area contributed by atoms with Gasteiger partial charge in [-0.2, -0.15) is 9.64 Å². The lowest BCUT2D eigenvalue weighted by Crippen LogP contribution is -2.15. The monoisotopic (exact) mass is 270 g/mol. The summed E-state index contributed by atoms with van der Waals surface area (Å²) in [5, 5.41) is 10.1. The van der Waals surface area contributed by atoms with Gasteiger partial charge in [-0.05, 0) is 35.5 Å². The molecule has 1 heterocycles. The smallest absolute Gasteiger partial charge is 0.199 e. The van der Waals surface area contributed by atoms with E-state index in [1.54, 1.807) is 19.0 Å². The van der Waals surface area contributed by atoms with Crippen LogP contribution >= 0.6 is 23.1 Å². The molecule has 1 rings (SSSR count). The van der Waals surface area contributed by atoms with Crippen molar-refractivity contribution < 1.29 is 0 Å². The van der Waals surface area contributed by atoms with Gasteiger partial charge >= 0.3 is 0 Å². The molecule has 0 aromatic carbocycles. The summed E-state index contributed by atoms with van der Waals surface area (Å²) in [5.41, 5.74) is 1.36. The Bertz CT molecular complexity index is 457. The highest BCUT2D eigenvalue weighted by molar-refractivity contribution is 7.10. The van der Waals surface area contributed by atoms with Crippen LogP contribution in [0.2, 0.25) is 0 Å². The number of hydrogen-bond donors (Lipinski definition) is 0. The molecule has 0 aliphatic rings. The van der Waals surface area contributed by atoms with E-state index in [0.717, 1.165) is 12.1 Å². The Hall–Kier alpha value is -1.12. The van der Waals surface area contributed by atoms with E-state index in [9.17, 15) is 0 Å². The predicted octanol–water partition coefficient (Wildman–Crippen LogP) is 3.00. The van der Waals surface area contributed by atoms with Crippen molar-refractivity contribution in [1.29, 1.82) is 5.26 Å². The van der Waals surface area contributed by atoms with E-state index < -0.39 is 0 Å². The van der Waals surface area contributed by atoms with Gasteiger partial charge in [0.1, 0.15) is 11.6 Å². The number of hydrogen-bond acceptors (Lipinski definition) is 4. The average Bonchev–Trinajstić information content (AvgIpc) is 2.59. The van der Waals surface area contributed by atoms with Crippen LogP contribution in [-0.2, 0) is 6.42 Å². The fraction of sp³-hybridized carbons (Fsp3) is 0.545. The van der Waals surface area contributed by atoms with Crippen LogP contribution in [0.25, 0.3) is 0 Å². The Balaban J connectivity index is 3.07. The van der Waals surface area contributed by atoms with Gasteiger partial charge in [0.05, 0.1) is 5.69 Å². The van der Waals surface area contributed by atoms with Crippen molar-refractivity contribution in [2.75, 3.05) is 14.1 Å². The second-order valence-electron chi connectivity index (χ2n) is 4.29. The molecule has 0 aliphatic heterocycles. The summed E-state index contributed by atoms with van der Waals surface area (Å²) in [4.78, 5) is 5.88. The van der Waals surface area contributed by atoms with Crippen LogP contribution in [0, 0.1) is 17.2 Å². The van der Waals surface area contributed by atoms with Gasteiger partial charge in [-0.25, -0.2) is 4.99 Å². The summed E-state index contributed by atoms with van der Waals surface area (Å²) in [5.74, 6) is 0.463. The SMILES string of the molecule is CC(C)Cc1nsc(N=C(Cl)N(C)C)c1C#N. The highest BCUT2D eigenvalue weighted by Crippen LogP contribution is 2.29. The quantitative estimate of drug-likeness (QED) is 0.482. The third-order valence-electron chi connectivity index (χ3n) is 2.02. The van der Waals surface area contributed by atoms with Crippen LogP contribution in [0.15, 0.2) is 4.99 Å². The molecule has 0 saturated carbocycles. The van der Waals surface area contributed by atoms with E-state index in [-0.39, 0.29) is 0 Å². The van der Waals surface area contributed by atoms with Crippen LogP contribution in [0.5, 0.6) is 0 Å². The van der Waals surface area contributed by atoms with Crippen molar-refractivity contribution in [2.45, 2.75) is 20.3 Å². The zero-order valence-electron chi connectivity index (χ0n) is 10.4. The van der Waals surface area contributed by atoms with E-state index in [1.165, 1.54) is 11.5 Å². The Morgan fingerprint density at radius 2 is 2.24 bits per heavy atom. The highest BCUT2D eigenvalue weighted by atomic mass is 35.5. The molecule has 92 valence electrons. The second kappa shape index (κ2) is 5.99. The molecule has 4 nitrogen and oxygen atoms in total. The van der Waals surface area contributed by atoms with Gasteiger partial charge in [0, 0.05) is 14.1 Å². The molecule has 0 spiro atoms. The van der Waals surface area contributed by atoms with Gasteiger partial charge in [0.2, 0.25) is 0 Å². The third-order valence-corrected chi connectivity index (χ3v) is 3.22. The second-order valence-corrected chi connectivity index (χ2v) is 5.38. The lowest BCUT2D eigenvalue weighted by molar-refractivity contribution is 0.635. The minimum Gasteiger partial charge on any atom is -0.353 e. The molecule has 0 atom stereocenters. The van der Waals surface area contributed by atoms with Gasteiger partial charge in [0.25, 0.3) is 0 Å². The molecule has 6 heteroatoms. The van der Waals surface area contributed by atoms with Crippen LogP contribution in [0.1, 0.15) is 25.1 Å². The number of halogens is 1. The maximum Gasteiger partial charge on any atom is 0.199 e. The first-order valence-corrected chi connectivity index (χ1v) is 6.41. The predicted molar refractivity (Wildman–Crippen MR) is 72.0 cm³/mol. The molecule has 0 fully saturated rings. The molecule has 0 N–H and O–H groups in total. The van der Waals surface area contributed by atoms with E-state index >= 15 is 0 Å². The van der Waals surface area contributed by atoms with Crippen LogP contribution < -0.4 is 0 Å². The first kappa shape index (κ1) is 13.9. The molecule has 0 radical (unpaired) electrons. The van der Waals surface area contributed by atoms with Gasteiger partial charge in [-0.1, -0.05) is 13.8 Å². The molecule has 1 aromatic heterocycles. The average molecular weight is 271 g/mol. The maximum absolute atomic E-state index is 9.14. The number of nitrogens with zero attached hydrogens (tertiary/aromatic N) is 4. The van der Waals surface area contributed by atoms with Gasteiger partial charge in [0.15, 0.2) is 10.3 Å². The topological polar surface area (TPSA) is 52.3 Å². The Morgan fingerprint density at radius 1 is 1.59 bits per heavy atom. The fourth-order valence-electron chi connectivity index (χ4n) is 1.21. The zero-order chi connectivity index (χ0) is 13.0. The molecular formula is C11H15ClN4S. The number of amidine groups is 1. The standard InChI is InChI=1S/C11H15ClN4S/c1-7(2)5-9-8(6-13)10(17-15-9)14-11(12)16(3)4/h7H,5H2,1-4H3. The first-order valence-electron chi connectivity index (χ1n) is 5.25. The molecule has 1 aromatic rings. The molecule has 17 heavy (non-hydrogen) atoms. The van der Waals surface area contributed by atoms with Crippen molar-refractivity contribution in [1.82, 2.24) is 9.27 Å². The molecule has 0 aliphatic carbocycles. The Labute approximate surface area is 111 Å². The van der Waals surface area contributed by atoms with Crippen molar-refractivity contribution in [3.8, 4) is 6.07 Å². The van der Waals surface area contributed by atoms with E-state index in [2.05, 4.69) is 29.3 Å². The lowest BCUT2D eigenvalue weighted by atomic mass is 10.1. The highest BCUT2D eigenvalue weighted by Gasteiger charge is 2.14. The van der Waals surface area contributed by atoms with E-state index in [1.807, 2.05) is 0 Å². The zero-order valence-corrected chi connectivity index (χ0v) is 11.9. The summed E-state index contributed by atoms with van der Waals surface area (Å²) in [6.07, 6.45) is 0.786. The summed E-state index contributed by atoms with van der Waals surface area (Å²) in [6.45, 7) is 4.19. The van der Waals surface area contributed by atoms with Crippen molar-refractivity contribution in [3.05, 3.63) is 11.3 Å². The molecule has 0 bridgehead atoms. The molecular weight excluding hydrogens is 256 g/mol. The minimum absolute atomic E-state index is 0.348.